The molecule has 1 amide bonds. The number of aliphatic hydroxyl groups is 1. The minimum Gasteiger partial charge on any atom is -0.768 e. The largest absolute Gasteiger partial charge is 0.768 e. The second-order valence-electron chi connectivity index (χ2n) is 11.4. The summed E-state index contributed by atoms with van der Waals surface area (Å²) < 4.78 is 64.3. The first-order chi connectivity index (χ1) is 23.7. The highest BCUT2D eigenvalue weighted by Crippen LogP contribution is 2.30. The number of aromatic nitrogens is 2. The molecule has 50 heavy (non-hydrogen) atoms. The topological polar surface area (TPSA) is 220 Å². The molecule has 0 aliphatic carbocycles. The second kappa shape index (κ2) is 18.6. The molecule has 4 aromatic rings. The van der Waals surface area contributed by atoms with Gasteiger partial charge in [-0.1, -0.05) is 44.2 Å². The van der Waals surface area contributed by atoms with Crippen molar-refractivity contribution in [3.63, 3.8) is 0 Å². The monoisotopic (exact) mass is 730 g/mol. The van der Waals surface area contributed by atoms with Gasteiger partial charge in [0.1, 0.15) is 23.4 Å². The van der Waals surface area contributed by atoms with E-state index in [1.165, 1.54) is 43.4 Å². The minimum absolute atomic E-state index is 0.0263. The number of cyclic esters (lactones) is 1. The zero-order chi connectivity index (χ0) is 37.0. The van der Waals surface area contributed by atoms with Gasteiger partial charge < -0.3 is 30.0 Å². The Morgan fingerprint density at radius 2 is 1.72 bits per heavy atom. The summed E-state index contributed by atoms with van der Waals surface area (Å²) in [7, 11) is -2.00. The van der Waals surface area contributed by atoms with Crippen molar-refractivity contribution in [1.82, 2.24) is 14.9 Å². The molecule has 1 unspecified atom stereocenters. The summed E-state index contributed by atoms with van der Waals surface area (Å²) in [6.45, 7) is 4.39. The number of aliphatic hydroxyl groups excluding tert-OH is 1. The average molecular weight is 731 g/mol. The Kier molecular flexibility index (Phi) is 14.9. The third-order valence-electron chi connectivity index (χ3n) is 7.42. The highest BCUT2D eigenvalue weighted by Gasteiger charge is 2.29. The lowest BCUT2D eigenvalue weighted by atomic mass is 10.0. The van der Waals surface area contributed by atoms with E-state index >= 15 is 0 Å². The number of rotatable bonds is 10. The SMILES string of the molecule is CC(C)c1c(C(=O)NCc2ccc(S(=O)[O-])cc2)nc(-c2ccc(F)cc2)n1CC[C@@H]1C[C@@H](O)CC(=O)O1.CN.NS(=O)(=O)c1ccccc1. The molecule has 5 rings (SSSR count). The molecule has 1 aliphatic heterocycles. The molecule has 0 saturated carbocycles. The van der Waals surface area contributed by atoms with E-state index in [1.54, 1.807) is 42.5 Å². The number of hydrogen-bond acceptors (Lipinski definition) is 10. The van der Waals surface area contributed by atoms with Gasteiger partial charge in [-0.2, -0.15) is 0 Å². The van der Waals surface area contributed by atoms with Crippen LogP contribution in [0.1, 0.15) is 60.8 Å². The van der Waals surface area contributed by atoms with Crippen LogP contribution in [-0.2, 0) is 43.7 Å². The van der Waals surface area contributed by atoms with Crippen molar-refractivity contribution in [2.24, 2.45) is 10.9 Å². The van der Waals surface area contributed by atoms with E-state index in [2.05, 4.69) is 16.0 Å². The summed E-state index contributed by atoms with van der Waals surface area (Å²) in [5.74, 6) is -0.889. The Balaban J connectivity index is 0.000000479. The first kappa shape index (κ1) is 40.1. The number of sulfonamides is 1. The summed E-state index contributed by atoms with van der Waals surface area (Å²) >= 11 is -2.33. The summed E-state index contributed by atoms with van der Waals surface area (Å²) in [5, 5.41) is 17.7. The molecule has 270 valence electrons. The molecule has 16 heteroatoms. The van der Waals surface area contributed by atoms with E-state index in [4.69, 9.17) is 9.88 Å². The summed E-state index contributed by atoms with van der Waals surface area (Å²) in [6.07, 6.45) is -0.522. The third-order valence-corrected chi connectivity index (χ3v) is 9.01. The van der Waals surface area contributed by atoms with Crippen molar-refractivity contribution >= 4 is 33.0 Å². The fourth-order valence-corrected chi connectivity index (χ4v) is 6.06. The van der Waals surface area contributed by atoms with Gasteiger partial charge in [0.15, 0.2) is 0 Å². The number of nitrogens with one attached hydrogen (secondary N) is 1. The maximum Gasteiger partial charge on any atom is 0.308 e. The van der Waals surface area contributed by atoms with Crippen LogP contribution in [0.5, 0.6) is 0 Å². The zero-order valence-electron chi connectivity index (χ0n) is 27.8. The van der Waals surface area contributed by atoms with Gasteiger partial charge in [0.25, 0.3) is 5.91 Å². The van der Waals surface area contributed by atoms with Crippen LogP contribution in [0.25, 0.3) is 11.4 Å². The molecule has 1 aliphatic rings. The first-order valence-electron chi connectivity index (χ1n) is 15.6. The van der Waals surface area contributed by atoms with Crippen LogP contribution in [0, 0.1) is 5.82 Å². The average Bonchev–Trinajstić information content (AvgIpc) is 3.47. The van der Waals surface area contributed by atoms with E-state index in [0.717, 1.165) is 5.56 Å². The quantitative estimate of drug-likeness (QED) is 0.138. The molecule has 1 fully saturated rings. The van der Waals surface area contributed by atoms with Gasteiger partial charge in [-0.25, -0.2) is 22.9 Å². The van der Waals surface area contributed by atoms with E-state index in [0.29, 0.717) is 36.5 Å². The van der Waals surface area contributed by atoms with Crippen molar-refractivity contribution in [2.45, 2.75) is 74.1 Å². The Bertz CT molecular complexity index is 1850. The fourth-order valence-electron chi connectivity index (χ4n) is 5.17. The normalized spacial score (nSPS) is 16.3. The predicted molar refractivity (Wildman–Crippen MR) is 184 cm³/mol. The summed E-state index contributed by atoms with van der Waals surface area (Å²) in [5.41, 5.74) is 6.72. The van der Waals surface area contributed by atoms with Crippen LogP contribution in [0.4, 0.5) is 4.39 Å². The Hall–Kier alpha value is -4.32. The lowest BCUT2D eigenvalue weighted by Crippen LogP contribution is -2.33. The number of carbonyl (C=O) groups is 2. The highest BCUT2D eigenvalue weighted by atomic mass is 32.2. The van der Waals surface area contributed by atoms with Crippen LogP contribution in [0.2, 0.25) is 0 Å². The molecule has 2 heterocycles. The van der Waals surface area contributed by atoms with Crippen molar-refractivity contribution in [3.8, 4) is 11.4 Å². The van der Waals surface area contributed by atoms with E-state index in [1.807, 2.05) is 18.4 Å². The highest BCUT2D eigenvalue weighted by molar-refractivity contribution is 7.89. The van der Waals surface area contributed by atoms with Gasteiger partial charge in [-0.05, 0) is 78.1 Å². The van der Waals surface area contributed by atoms with Crippen LogP contribution < -0.4 is 16.2 Å². The molecule has 0 bridgehead atoms. The number of halogens is 1. The smallest absolute Gasteiger partial charge is 0.308 e. The molecule has 6 N–H and O–H groups in total. The molecular weight excluding hydrogens is 690 g/mol. The summed E-state index contributed by atoms with van der Waals surface area (Å²) in [4.78, 5) is 30.1. The number of benzene rings is 3. The zero-order valence-corrected chi connectivity index (χ0v) is 29.5. The number of hydrogen-bond donors (Lipinski definition) is 4. The Morgan fingerprint density at radius 1 is 1.10 bits per heavy atom. The van der Waals surface area contributed by atoms with Gasteiger partial charge in [-0.15, -0.1) is 0 Å². The number of carbonyl (C=O) groups excluding carboxylic acids is 2. The van der Waals surface area contributed by atoms with Crippen LogP contribution >= 0.6 is 0 Å². The molecule has 13 nitrogen and oxygen atoms in total. The number of nitrogens with two attached hydrogens (primary N) is 2. The number of esters is 1. The number of nitrogens with zero attached hydrogens (tertiary/aromatic N) is 2. The van der Waals surface area contributed by atoms with Crippen LogP contribution in [0.3, 0.4) is 0 Å². The molecule has 3 aromatic carbocycles. The maximum absolute atomic E-state index is 13.6. The van der Waals surface area contributed by atoms with Gasteiger partial charge in [0.2, 0.25) is 10.0 Å². The van der Waals surface area contributed by atoms with E-state index in [-0.39, 0.29) is 34.4 Å². The lowest BCUT2D eigenvalue weighted by molar-refractivity contribution is -0.160. The maximum atomic E-state index is 13.6. The minimum atomic E-state index is -3.50. The molecule has 0 spiro atoms. The van der Waals surface area contributed by atoms with Gasteiger partial charge in [0, 0.05) is 36.4 Å². The standard InChI is InChI=1S/C27H30FN3O6S.C6H7NO2S.CH5N/c1-16(2)25-24(27(34)29-15-17-3-9-22(10-4-17)38(35)36)30-26(18-5-7-19(28)8-6-18)31(25)12-11-21-13-20(32)14-23(33)37-21;7-10(8,9)6-4-2-1-3-5-6;1-2/h3-10,16,20-21,32H,11-15H2,1-2H3,(H,29,34)(H,35,36);1-5H,(H2,7,8,9);2H2,1H3/p-1/t20-,21-;;/m1../s1. The second-order valence-corrected chi connectivity index (χ2v) is 13.9. The molecule has 1 aromatic heterocycles. The number of amides is 1. The van der Waals surface area contributed by atoms with Gasteiger partial charge >= 0.3 is 5.97 Å². The predicted octanol–water partition coefficient (Wildman–Crippen LogP) is 3.35. The molecule has 1 saturated heterocycles. The van der Waals surface area contributed by atoms with Crippen molar-refractivity contribution in [3.05, 3.63) is 102 Å². The first-order valence-corrected chi connectivity index (χ1v) is 18.2. The Labute approximate surface area is 293 Å². The number of ether oxygens (including phenoxy) is 1. The number of primary sulfonamides is 1. The van der Waals surface area contributed by atoms with Crippen molar-refractivity contribution in [2.75, 3.05) is 7.05 Å². The molecule has 0 radical (unpaired) electrons. The van der Waals surface area contributed by atoms with Gasteiger partial charge in [-0.3, -0.25) is 13.8 Å². The fraction of sp³-hybridized carbons (Fsp3) is 0.324. The van der Waals surface area contributed by atoms with Crippen LogP contribution in [-0.4, -0.2) is 63.0 Å². The molecular formula is C34H41FN5O8S2-. The number of imidazole rings is 1. The van der Waals surface area contributed by atoms with Crippen molar-refractivity contribution < 1.29 is 41.0 Å². The van der Waals surface area contributed by atoms with Gasteiger partial charge in [0.05, 0.1) is 23.1 Å². The van der Waals surface area contributed by atoms with E-state index in [9.17, 15) is 36.3 Å². The molecule has 3 atom stereocenters. The van der Waals surface area contributed by atoms with Crippen molar-refractivity contribution in [1.29, 1.82) is 0 Å². The Morgan fingerprint density at radius 3 is 2.24 bits per heavy atom. The van der Waals surface area contributed by atoms with Crippen LogP contribution in [0.15, 0.2) is 88.7 Å². The van der Waals surface area contributed by atoms with E-state index < -0.39 is 51.0 Å². The third kappa shape index (κ3) is 11.4. The lowest BCUT2D eigenvalue weighted by Gasteiger charge is -2.26. The summed E-state index contributed by atoms with van der Waals surface area (Å²) in [6, 6.07) is 19.9.